The van der Waals surface area contributed by atoms with Gasteiger partial charge in [-0.05, 0) is 23.6 Å². The van der Waals surface area contributed by atoms with E-state index >= 15 is 0 Å². The molecule has 0 saturated heterocycles. The molecule has 0 unspecified atom stereocenters. The van der Waals surface area contributed by atoms with Crippen molar-refractivity contribution in [3.8, 4) is 0 Å². The number of fused-ring (bicyclic) bond motifs is 1. The molecule has 0 aliphatic carbocycles. The van der Waals surface area contributed by atoms with Crippen LogP contribution in [0.3, 0.4) is 0 Å². The van der Waals surface area contributed by atoms with Gasteiger partial charge in [0.2, 0.25) is 0 Å². The van der Waals surface area contributed by atoms with E-state index in [4.69, 9.17) is 5.73 Å². The average Bonchev–Trinajstić information content (AvgIpc) is 2.26. The van der Waals surface area contributed by atoms with E-state index in [1.165, 1.54) is 12.3 Å². The third-order valence-corrected chi connectivity index (χ3v) is 2.85. The molecule has 0 bridgehead atoms. The molecular weight excluding hydrogens is 241 g/mol. The summed E-state index contributed by atoms with van der Waals surface area (Å²) >= 11 is 0. The summed E-state index contributed by atoms with van der Waals surface area (Å²) in [6.45, 7) is 3.89. The third-order valence-electron chi connectivity index (χ3n) is 2.85. The van der Waals surface area contributed by atoms with E-state index in [2.05, 4.69) is 4.98 Å². The first kappa shape index (κ1) is 12.7. The number of nitrogens with two attached hydrogens (primary N) is 1. The number of nitrogen functional groups attached to an aromatic ring is 1. The lowest BCUT2D eigenvalue weighted by atomic mass is 9.96. The molecule has 2 aromatic rings. The molecule has 18 heavy (non-hydrogen) atoms. The maximum atomic E-state index is 12.6. The maximum absolute atomic E-state index is 12.6. The van der Waals surface area contributed by atoms with Crippen molar-refractivity contribution in [1.29, 1.82) is 0 Å². The van der Waals surface area contributed by atoms with Crippen molar-refractivity contribution in [1.82, 2.24) is 4.98 Å². The highest BCUT2D eigenvalue weighted by Gasteiger charge is 2.30. The fourth-order valence-electron chi connectivity index (χ4n) is 2.05. The number of anilines is 1. The van der Waals surface area contributed by atoms with Crippen LogP contribution in [0.15, 0.2) is 24.4 Å². The Bertz CT molecular complexity index is 589. The highest BCUT2D eigenvalue weighted by Crippen LogP contribution is 2.34. The molecule has 2 rings (SSSR count). The molecule has 1 heterocycles. The number of halogens is 3. The van der Waals surface area contributed by atoms with Gasteiger partial charge in [-0.3, -0.25) is 4.98 Å². The van der Waals surface area contributed by atoms with E-state index in [0.717, 1.165) is 17.7 Å². The lowest BCUT2D eigenvalue weighted by molar-refractivity contribution is -0.137. The Balaban J connectivity index is 2.71. The summed E-state index contributed by atoms with van der Waals surface area (Å²) in [5, 5.41) is 0.679. The first-order valence-corrected chi connectivity index (χ1v) is 5.56. The summed E-state index contributed by atoms with van der Waals surface area (Å²) in [4.78, 5) is 3.97. The lowest BCUT2D eigenvalue weighted by Crippen LogP contribution is -2.06. The molecule has 2 N–H and O–H groups in total. The minimum atomic E-state index is -4.35. The summed E-state index contributed by atoms with van der Waals surface area (Å²) in [6.07, 6.45) is -2.94. The average molecular weight is 254 g/mol. The van der Waals surface area contributed by atoms with Crippen molar-refractivity contribution in [2.75, 3.05) is 5.73 Å². The number of hydrogen-bond donors (Lipinski definition) is 1. The number of nitrogens with zero attached hydrogens (tertiary/aromatic N) is 1. The van der Waals surface area contributed by atoms with Crippen LogP contribution in [0.5, 0.6) is 0 Å². The van der Waals surface area contributed by atoms with Crippen LogP contribution in [0.2, 0.25) is 0 Å². The molecule has 1 aromatic heterocycles. The molecule has 0 saturated carbocycles. The maximum Gasteiger partial charge on any atom is 0.416 e. The number of hydrogen-bond acceptors (Lipinski definition) is 2. The second-order valence-corrected chi connectivity index (χ2v) is 4.51. The van der Waals surface area contributed by atoms with Crippen LogP contribution in [0.25, 0.3) is 10.9 Å². The highest BCUT2D eigenvalue weighted by molar-refractivity contribution is 5.87. The van der Waals surface area contributed by atoms with E-state index < -0.39 is 11.7 Å². The highest BCUT2D eigenvalue weighted by atomic mass is 19.4. The van der Waals surface area contributed by atoms with Gasteiger partial charge in [0, 0.05) is 5.39 Å². The minimum absolute atomic E-state index is 0.132. The number of benzene rings is 1. The van der Waals surface area contributed by atoms with E-state index in [1.54, 1.807) is 0 Å². The Morgan fingerprint density at radius 1 is 1.22 bits per heavy atom. The van der Waals surface area contributed by atoms with Gasteiger partial charge < -0.3 is 5.73 Å². The van der Waals surface area contributed by atoms with Gasteiger partial charge in [-0.1, -0.05) is 19.9 Å². The van der Waals surface area contributed by atoms with Gasteiger partial charge in [-0.2, -0.15) is 13.2 Å². The van der Waals surface area contributed by atoms with E-state index in [9.17, 15) is 13.2 Å². The number of aromatic nitrogens is 1. The van der Waals surface area contributed by atoms with E-state index in [-0.39, 0.29) is 5.92 Å². The Morgan fingerprint density at radius 3 is 2.44 bits per heavy atom. The van der Waals surface area contributed by atoms with E-state index in [0.29, 0.717) is 16.6 Å². The van der Waals surface area contributed by atoms with Crippen molar-refractivity contribution in [3.05, 3.63) is 35.5 Å². The summed E-state index contributed by atoms with van der Waals surface area (Å²) in [7, 11) is 0. The first-order valence-electron chi connectivity index (χ1n) is 5.56. The van der Waals surface area contributed by atoms with Gasteiger partial charge in [0.1, 0.15) is 0 Å². The fraction of sp³-hybridized carbons (Fsp3) is 0.308. The zero-order valence-corrected chi connectivity index (χ0v) is 10.0. The Morgan fingerprint density at radius 2 is 1.89 bits per heavy atom. The Labute approximate surface area is 103 Å². The van der Waals surface area contributed by atoms with Crippen LogP contribution in [0.4, 0.5) is 18.9 Å². The van der Waals surface area contributed by atoms with Crippen molar-refractivity contribution >= 4 is 16.6 Å². The largest absolute Gasteiger partial charge is 0.416 e. The fourth-order valence-corrected chi connectivity index (χ4v) is 2.05. The quantitative estimate of drug-likeness (QED) is 0.836. The molecule has 2 nitrogen and oxygen atoms in total. The second-order valence-electron chi connectivity index (χ2n) is 4.51. The molecule has 0 aliphatic rings. The second kappa shape index (κ2) is 4.15. The number of alkyl halides is 3. The van der Waals surface area contributed by atoms with Crippen LogP contribution in [-0.4, -0.2) is 4.98 Å². The summed E-state index contributed by atoms with van der Waals surface area (Å²) in [5.74, 6) is 0.132. The Hall–Kier alpha value is -1.78. The first-order chi connectivity index (χ1) is 8.30. The van der Waals surface area contributed by atoms with Crippen molar-refractivity contribution in [2.45, 2.75) is 25.9 Å². The predicted octanol–water partition coefficient (Wildman–Crippen LogP) is 3.96. The predicted molar refractivity (Wildman–Crippen MR) is 65.2 cm³/mol. The summed E-state index contributed by atoms with van der Waals surface area (Å²) in [6, 6.07) is 3.56. The standard InChI is InChI=1S/C13H13F3N2/c1-7(2)12-9-4-3-8(13(14,15)16)5-11(9)18-6-10(12)17/h3-7H,17H2,1-2H3. The van der Waals surface area contributed by atoms with Gasteiger partial charge in [0.25, 0.3) is 0 Å². The third kappa shape index (κ3) is 2.12. The van der Waals surface area contributed by atoms with Crippen molar-refractivity contribution in [3.63, 3.8) is 0 Å². The molecule has 0 radical (unpaired) electrons. The van der Waals surface area contributed by atoms with Crippen LogP contribution < -0.4 is 5.73 Å². The van der Waals surface area contributed by atoms with Crippen LogP contribution in [0.1, 0.15) is 30.9 Å². The molecule has 96 valence electrons. The molecule has 0 amide bonds. The van der Waals surface area contributed by atoms with Gasteiger partial charge in [0.05, 0.1) is 23.0 Å². The van der Waals surface area contributed by atoms with Gasteiger partial charge in [-0.25, -0.2) is 0 Å². The van der Waals surface area contributed by atoms with Gasteiger partial charge in [0.15, 0.2) is 0 Å². The lowest BCUT2D eigenvalue weighted by Gasteiger charge is -2.14. The monoisotopic (exact) mass is 254 g/mol. The topological polar surface area (TPSA) is 38.9 Å². The molecule has 0 spiro atoms. The number of rotatable bonds is 1. The number of pyridine rings is 1. The van der Waals surface area contributed by atoms with Crippen LogP contribution >= 0.6 is 0 Å². The van der Waals surface area contributed by atoms with E-state index in [1.807, 2.05) is 13.8 Å². The summed E-state index contributed by atoms with van der Waals surface area (Å²) in [5.41, 5.74) is 6.81. The molecular formula is C13H13F3N2. The molecule has 0 fully saturated rings. The Kier molecular flexibility index (Phi) is 2.92. The van der Waals surface area contributed by atoms with Gasteiger partial charge >= 0.3 is 6.18 Å². The molecule has 1 aromatic carbocycles. The van der Waals surface area contributed by atoms with Crippen LogP contribution in [-0.2, 0) is 6.18 Å². The van der Waals surface area contributed by atoms with Crippen LogP contribution in [0, 0.1) is 0 Å². The molecule has 0 atom stereocenters. The molecule has 0 aliphatic heterocycles. The van der Waals surface area contributed by atoms with Crippen molar-refractivity contribution in [2.24, 2.45) is 0 Å². The zero-order valence-electron chi connectivity index (χ0n) is 10.0. The van der Waals surface area contributed by atoms with Crippen molar-refractivity contribution < 1.29 is 13.2 Å². The van der Waals surface area contributed by atoms with Gasteiger partial charge in [-0.15, -0.1) is 0 Å². The smallest absolute Gasteiger partial charge is 0.397 e. The minimum Gasteiger partial charge on any atom is -0.397 e. The normalized spacial score (nSPS) is 12.3. The molecule has 5 heteroatoms. The zero-order chi connectivity index (χ0) is 13.5. The summed E-state index contributed by atoms with van der Waals surface area (Å²) < 4.78 is 37.8. The SMILES string of the molecule is CC(C)c1c(N)cnc2cc(C(F)(F)F)ccc12.